The number of aryl methyl sites for hydroxylation is 2. The SMILES string of the molecule is Cc1ccc(C(=O)NC2CCCCC2Cl)cc1C. The Morgan fingerprint density at radius 3 is 2.61 bits per heavy atom. The van der Waals surface area contributed by atoms with Crippen molar-refractivity contribution in [2.24, 2.45) is 0 Å². The second-order valence-electron chi connectivity index (χ2n) is 5.18. The summed E-state index contributed by atoms with van der Waals surface area (Å²) in [6, 6.07) is 5.93. The van der Waals surface area contributed by atoms with Crippen LogP contribution in [-0.2, 0) is 0 Å². The Kier molecular flexibility index (Phi) is 4.28. The second-order valence-corrected chi connectivity index (χ2v) is 5.74. The van der Waals surface area contributed by atoms with E-state index in [4.69, 9.17) is 11.6 Å². The van der Waals surface area contributed by atoms with Crippen LogP contribution in [0.1, 0.15) is 47.2 Å². The van der Waals surface area contributed by atoms with Gasteiger partial charge in [-0.05, 0) is 49.9 Å². The molecule has 0 bridgehead atoms. The highest BCUT2D eigenvalue weighted by molar-refractivity contribution is 6.21. The summed E-state index contributed by atoms with van der Waals surface area (Å²) in [7, 11) is 0. The van der Waals surface area contributed by atoms with Crippen molar-refractivity contribution in [3.8, 4) is 0 Å². The number of nitrogens with one attached hydrogen (secondary N) is 1. The quantitative estimate of drug-likeness (QED) is 0.814. The molecule has 0 spiro atoms. The van der Waals surface area contributed by atoms with Crippen LogP contribution < -0.4 is 5.32 Å². The molecule has 0 aliphatic heterocycles. The molecule has 1 N–H and O–H groups in total. The van der Waals surface area contributed by atoms with Crippen LogP contribution in [0.2, 0.25) is 0 Å². The molecule has 2 atom stereocenters. The van der Waals surface area contributed by atoms with Gasteiger partial charge in [0.2, 0.25) is 0 Å². The van der Waals surface area contributed by atoms with Gasteiger partial charge in [0.15, 0.2) is 0 Å². The Morgan fingerprint density at radius 1 is 1.22 bits per heavy atom. The van der Waals surface area contributed by atoms with Gasteiger partial charge in [-0.25, -0.2) is 0 Å². The Labute approximate surface area is 114 Å². The number of hydrogen-bond acceptors (Lipinski definition) is 1. The van der Waals surface area contributed by atoms with Gasteiger partial charge in [-0.1, -0.05) is 18.9 Å². The van der Waals surface area contributed by atoms with Gasteiger partial charge in [-0.3, -0.25) is 4.79 Å². The van der Waals surface area contributed by atoms with Crippen molar-refractivity contribution < 1.29 is 4.79 Å². The molecule has 0 radical (unpaired) electrons. The molecule has 1 aromatic rings. The number of benzene rings is 1. The van der Waals surface area contributed by atoms with Crippen molar-refractivity contribution in [1.82, 2.24) is 5.32 Å². The molecule has 2 nitrogen and oxygen atoms in total. The molecule has 98 valence electrons. The molecule has 1 saturated carbocycles. The molecule has 1 fully saturated rings. The van der Waals surface area contributed by atoms with E-state index in [1.54, 1.807) is 0 Å². The zero-order valence-corrected chi connectivity index (χ0v) is 11.8. The van der Waals surface area contributed by atoms with Crippen LogP contribution in [0.5, 0.6) is 0 Å². The number of amides is 1. The molecule has 2 unspecified atom stereocenters. The molecule has 3 heteroatoms. The number of hydrogen-bond donors (Lipinski definition) is 1. The molecule has 2 rings (SSSR count). The van der Waals surface area contributed by atoms with E-state index in [1.807, 2.05) is 32.0 Å². The zero-order chi connectivity index (χ0) is 13.1. The van der Waals surface area contributed by atoms with Crippen LogP contribution in [0, 0.1) is 13.8 Å². The first-order valence-corrected chi connectivity index (χ1v) is 7.04. The predicted octanol–water partition coefficient (Wildman–Crippen LogP) is 3.58. The van der Waals surface area contributed by atoms with E-state index in [0.29, 0.717) is 0 Å². The summed E-state index contributed by atoms with van der Waals surface area (Å²) in [5.74, 6) is -0.00403. The molecular weight excluding hydrogens is 246 g/mol. The molecule has 18 heavy (non-hydrogen) atoms. The maximum absolute atomic E-state index is 12.2. The summed E-state index contributed by atoms with van der Waals surface area (Å²) < 4.78 is 0. The number of carbonyl (C=O) groups excluding carboxylic acids is 1. The summed E-state index contributed by atoms with van der Waals surface area (Å²) in [6.07, 6.45) is 4.31. The third-order valence-corrected chi connectivity index (χ3v) is 4.29. The number of carbonyl (C=O) groups is 1. The fourth-order valence-corrected chi connectivity index (χ4v) is 2.73. The third kappa shape index (κ3) is 3.05. The number of alkyl halides is 1. The zero-order valence-electron chi connectivity index (χ0n) is 11.0. The van der Waals surface area contributed by atoms with Crippen LogP contribution in [-0.4, -0.2) is 17.3 Å². The lowest BCUT2D eigenvalue weighted by Gasteiger charge is -2.27. The summed E-state index contributed by atoms with van der Waals surface area (Å²) in [4.78, 5) is 12.2. The Hall–Kier alpha value is -1.02. The average Bonchev–Trinajstić information content (AvgIpc) is 2.35. The van der Waals surface area contributed by atoms with Gasteiger partial charge in [-0.2, -0.15) is 0 Å². The van der Waals surface area contributed by atoms with Crippen molar-refractivity contribution in [1.29, 1.82) is 0 Å². The van der Waals surface area contributed by atoms with Crippen molar-refractivity contribution in [2.45, 2.75) is 50.9 Å². The van der Waals surface area contributed by atoms with Crippen molar-refractivity contribution in [3.63, 3.8) is 0 Å². The lowest BCUT2D eigenvalue weighted by molar-refractivity contribution is 0.0928. The molecule has 1 aliphatic rings. The smallest absolute Gasteiger partial charge is 0.251 e. The van der Waals surface area contributed by atoms with Gasteiger partial charge in [0, 0.05) is 11.6 Å². The van der Waals surface area contributed by atoms with Gasteiger partial charge in [0.25, 0.3) is 5.91 Å². The van der Waals surface area contributed by atoms with Gasteiger partial charge < -0.3 is 5.32 Å². The maximum atomic E-state index is 12.2. The molecule has 0 aromatic heterocycles. The minimum Gasteiger partial charge on any atom is -0.348 e. The lowest BCUT2D eigenvalue weighted by Crippen LogP contribution is -2.42. The van der Waals surface area contributed by atoms with Gasteiger partial charge in [-0.15, -0.1) is 11.6 Å². The van der Waals surface area contributed by atoms with E-state index >= 15 is 0 Å². The standard InChI is InChI=1S/C15H20ClNO/c1-10-7-8-12(9-11(10)2)15(18)17-14-6-4-3-5-13(14)16/h7-9,13-14H,3-6H2,1-2H3,(H,17,18). The Morgan fingerprint density at radius 2 is 1.94 bits per heavy atom. The van der Waals surface area contributed by atoms with Crippen molar-refractivity contribution >= 4 is 17.5 Å². The molecule has 1 aliphatic carbocycles. The first-order valence-electron chi connectivity index (χ1n) is 6.60. The first-order chi connectivity index (χ1) is 8.58. The fourth-order valence-electron chi connectivity index (χ4n) is 2.38. The average molecular weight is 266 g/mol. The fraction of sp³-hybridized carbons (Fsp3) is 0.533. The van der Waals surface area contributed by atoms with Gasteiger partial charge in [0.05, 0.1) is 5.38 Å². The monoisotopic (exact) mass is 265 g/mol. The largest absolute Gasteiger partial charge is 0.348 e. The van der Waals surface area contributed by atoms with E-state index in [1.165, 1.54) is 12.0 Å². The topological polar surface area (TPSA) is 29.1 Å². The van der Waals surface area contributed by atoms with E-state index in [0.717, 1.165) is 30.4 Å². The number of halogens is 1. The van der Waals surface area contributed by atoms with Crippen molar-refractivity contribution in [3.05, 3.63) is 34.9 Å². The van der Waals surface area contributed by atoms with E-state index < -0.39 is 0 Å². The maximum Gasteiger partial charge on any atom is 0.251 e. The van der Waals surface area contributed by atoms with Gasteiger partial charge in [0.1, 0.15) is 0 Å². The third-order valence-electron chi connectivity index (χ3n) is 3.77. The first kappa shape index (κ1) is 13.4. The summed E-state index contributed by atoms with van der Waals surface area (Å²) >= 11 is 6.26. The summed E-state index contributed by atoms with van der Waals surface area (Å²) in [5, 5.41) is 3.14. The number of rotatable bonds is 2. The minimum absolute atomic E-state index is 0.00403. The normalized spacial score (nSPS) is 23.7. The molecule has 1 amide bonds. The molecule has 0 heterocycles. The highest BCUT2D eigenvalue weighted by Gasteiger charge is 2.24. The van der Waals surface area contributed by atoms with Crippen molar-refractivity contribution in [2.75, 3.05) is 0 Å². The Balaban J connectivity index is 2.04. The summed E-state index contributed by atoms with van der Waals surface area (Å²) in [5.41, 5.74) is 3.08. The molecule has 0 saturated heterocycles. The Bertz CT molecular complexity index is 444. The van der Waals surface area contributed by atoms with Crippen LogP contribution in [0.4, 0.5) is 0 Å². The summed E-state index contributed by atoms with van der Waals surface area (Å²) in [6.45, 7) is 4.07. The predicted molar refractivity (Wildman–Crippen MR) is 75.3 cm³/mol. The van der Waals surface area contributed by atoms with Gasteiger partial charge >= 0.3 is 0 Å². The second kappa shape index (κ2) is 5.75. The molecular formula is C15H20ClNO. The van der Waals surface area contributed by atoms with Crippen LogP contribution in [0.25, 0.3) is 0 Å². The highest BCUT2D eigenvalue weighted by Crippen LogP contribution is 2.23. The molecule has 1 aromatic carbocycles. The van der Waals surface area contributed by atoms with E-state index in [2.05, 4.69) is 5.32 Å². The van der Waals surface area contributed by atoms with E-state index in [9.17, 15) is 4.79 Å². The highest BCUT2D eigenvalue weighted by atomic mass is 35.5. The van der Waals surface area contributed by atoms with E-state index in [-0.39, 0.29) is 17.3 Å². The minimum atomic E-state index is -0.00403. The van der Waals surface area contributed by atoms with Crippen LogP contribution >= 0.6 is 11.6 Å². The van der Waals surface area contributed by atoms with Crippen LogP contribution in [0.3, 0.4) is 0 Å². The van der Waals surface area contributed by atoms with Crippen LogP contribution in [0.15, 0.2) is 18.2 Å². The lowest BCUT2D eigenvalue weighted by atomic mass is 9.94.